The summed E-state index contributed by atoms with van der Waals surface area (Å²) in [7, 11) is 0. The second-order valence-electron chi connectivity index (χ2n) is 6.72. The van der Waals surface area contributed by atoms with Gasteiger partial charge in [-0.15, -0.1) is 0 Å². The van der Waals surface area contributed by atoms with Crippen molar-refractivity contribution in [1.29, 1.82) is 0 Å². The molecule has 1 aliphatic heterocycles. The van der Waals surface area contributed by atoms with Crippen LogP contribution in [0.5, 0.6) is 5.75 Å². The number of hydrogen-bond donors (Lipinski definition) is 1. The van der Waals surface area contributed by atoms with Crippen LogP contribution in [0.15, 0.2) is 18.2 Å². The molecule has 0 radical (unpaired) electrons. The summed E-state index contributed by atoms with van der Waals surface area (Å²) >= 11 is 11.8. The first-order chi connectivity index (χ1) is 11.6. The molecule has 1 saturated carbocycles. The van der Waals surface area contributed by atoms with E-state index in [4.69, 9.17) is 27.9 Å². The van der Waals surface area contributed by atoms with E-state index in [0.717, 1.165) is 12.8 Å². The maximum atomic E-state index is 12.1. The lowest BCUT2D eigenvalue weighted by Gasteiger charge is -2.32. The summed E-state index contributed by atoms with van der Waals surface area (Å²) in [5, 5.41) is 4.09. The molecule has 2 fully saturated rings. The minimum absolute atomic E-state index is 0.0123. The van der Waals surface area contributed by atoms with Crippen molar-refractivity contribution in [3.63, 3.8) is 0 Å². The molecule has 1 heterocycles. The van der Waals surface area contributed by atoms with Gasteiger partial charge in [0.2, 0.25) is 0 Å². The van der Waals surface area contributed by atoms with Crippen LogP contribution in [0.25, 0.3) is 0 Å². The second-order valence-corrected chi connectivity index (χ2v) is 7.59. The number of halogens is 2. The summed E-state index contributed by atoms with van der Waals surface area (Å²) in [5.74, 6) is 0.427. The topological polar surface area (TPSA) is 41.6 Å². The Morgan fingerprint density at radius 1 is 1.12 bits per heavy atom. The molecule has 1 aromatic rings. The minimum Gasteiger partial charge on any atom is -0.484 e. The van der Waals surface area contributed by atoms with Crippen molar-refractivity contribution in [3.05, 3.63) is 28.2 Å². The molecule has 1 amide bonds. The molecule has 0 spiro atoms. The predicted molar refractivity (Wildman–Crippen MR) is 97.0 cm³/mol. The van der Waals surface area contributed by atoms with E-state index in [1.54, 1.807) is 18.2 Å². The van der Waals surface area contributed by atoms with Gasteiger partial charge in [-0.05, 0) is 63.4 Å². The van der Waals surface area contributed by atoms with Crippen LogP contribution >= 0.6 is 23.2 Å². The fourth-order valence-electron chi connectivity index (χ4n) is 3.73. The summed E-state index contributed by atoms with van der Waals surface area (Å²) < 4.78 is 5.49. The van der Waals surface area contributed by atoms with Gasteiger partial charge in [-0.1, -0.05) is 29.6 Å². The van der Waals surface area contributed by atoms with Crippen molar-refractivity contribution in [3.8, 4) is 5.75 Å². The summed E-state index contributed by atoms with van der Waals surface area (Å²) in [6.07, 6.45) is 7.25. The van der Waals surface area contributed by atoms with Crippen LogP contribution in [0.4, 0.5) is 0 Å². The molecule has 132 valence electrons. The summed E-state index contributed by atoms with van der Waals surface area (Å²) in [6.45, 7) is 2.41. The Morgan fingerprint density at radius 3 is 2.54 bits per heavy atom. The van der Waals surface area contributed by atoms with Crippen molar-refractivity contribution < 1.29 is 9.53 Å². The Hall–Kier alpha value is -0.970. The highest BCUT2D eigenvalue weighted by Crippen LogP contribution is 2.27. The first-order valence-electron chi connectivity index (χ1n) is 8.72. The number of nitrogens with one attached hydrogen (secondary N) is 1. The van der Waals surface area contributed by atoms with Gasteiger partial charge in [0.05, 0.1) is 0 Å². The van der Waals surface area contributed by atoms with E-state index in [0.29, 0.717) is 21.8 Å². The number of ether oxygens (including phenoxy) is 1. The van der Waals surface area contributed by atoms with Gasteiger partial charge in [0.25, 0.3) is 5.91 Å². The van der Waals surface area contributed by atoms with Crippen molar-refractivity contribution in [2.45, 2.75) is 50.6 Å². The van der Waals surface area contributed by atoms with E-state index in [1.165, 1.54) is 38.8 Å². The van der Waals surface area contributed by atoms with Gasteiger partial charge in [-0.2, -0.15) is 0 Å². The average Bonchev–Trinajstić information content (AvgIpc) is 3.01. The zero-order valence-corrected chi connectivity index (χ0v) is 15.3. The second kappa shape index (κ2) is 8.41. The summed E-state index contributed by atoms with van der Waals surface area (Å²) in [4.78, 5) is 14.7. The van der Waals surface area contributed by atoms with E-state index in [-0.39, 0.29) is 18.6 Å². The zero-order chi connectivity index (χ0) is 16.9. The molecule has 2 aliphatic rings. The highest BCUT2D eigenvalue weighted by molar-refractivity contribution is 6.34. The first kappa shape index (κ1) is 17.8. The molecule has 1 N–H and O–H groups in total. The fourth-order valence-corrected chi connectivity index (χ4v) is 4.24. The van der Waals surface area contributed by atoms with Crippen LogP contribution in [0, 0.1) is 0 Å². The minimum atomic E-state index is -0.0876. The van der Waals surface area contributed by atoms with Gasteiger partial charge < -0.3 is 15.0 Å². The number of amides is 1. The Bertz CT molecular complexity index is 556. The molecule has 6 heteroatoms. The maximum absolute atomic E-state index is 12.1. The van der Waals surface area contributed by atoms with E-state index in [1.807, 2.05) is 0 Å². The number of likely N-dealkylation sites (tertiary alicyclic amines) is 1. The molecule has 2 unspecified atom stereocenters. The number of carbonyl (C=O) groups is 1. The molecule has 2 atom stereocenters. The van der Waals surface area contributed by atoms with E-state index >= 15 is 0 Å². The van der Waals surface area contributed by atoms with Crippen LogP contribution in [0.3, 0.4) is 0 Å². The van der Waals surface area contributed by atoms with Gasteiger partial charge in [0.1, 0.15) is 5.75 Å². The highest BCUT2D eigenvalue weighted by Gasteiger charge is 2.30. The normalized spacial score (nSPS) is 24.8. The lowest BCUT2D eigenvalue weighted by Crippen LogP contribution is -2.40. The smallest absolute Gasteiger partial charge is 0.258 e. The highest BCUT2D eigenvalue weighted by atomic mass is 35.5. The Kier molecular flexibility index (Phi) is 6.25. The monoisotopic (exact) mass is 370 g/mol. The van der Waals surface area contributed by atoms with Crippen molar-refractivity contribution in [2.75, 3.05) is 19.7 Å². The quantitative estimate of drug-likeness (QED) is 0.854. The number of benzene rings is 1. The average molecular weight is 371 g/mol. The summed E-state index contributed by atoms with van der Waals surface area (Å²) in [5.41, 5.74) is 0. The molecular weight excluding hydrogens is 347 g/mol. The van der Waals surface area contributed by atoms with Crippen LogP contribution in [0.1, 0.15) is 38.5 Å². The first-order valence-corrected chi connectivity index (χ1v) is 9.48. The maximum Gasteiger partial charge on any atom is 0.258 e. The van der Waals surface area contributed by atoms with Gasteiger partial charge >= 0.3 is 0 Å². The Labute approximate surface area is 153 Å². The van der Waals surface area contributed by atoms with Gasteiger partial charge in [0, 0.05) is 22.1 Å². The van der Waals surface area contributed by atoms with Gasteiger partial charge in [-0.25, -0.2) is 0 Å². The summed E-state index contributed by atoms with van der Waals surface area (Å²) in [6, 6.07) is 5.83. The van der Waals surface area contributed by atoms with Crippen LogP contribution in [0.2, 0.25) is 10.0 Å². The van der Waals surface area contributed by atoms with E-state index < -0.39 is 0 Å². The third kappa shape index (κ3) is 5.01. The molecule has 4 nitrogen and oxygen atoms in total. The Morgan fingerprint density at radius 2 is 1.83 bits per heavy atom. The molecular formula is C18H24Cl2N2O2. The van der Waals surface area contributed by atoms with Crippen molar-refractivity contribution >= 4 is 29.1 Å². The van der Waals surface area contributed by atoms with Crippen molar-refractivity contribution in [2.24, 2.45) is 0 Å². The van der Waals surface area contributed by atoms with Crippen LogP contribution in [-0.4, -0.2) is 42.6 Å². The van der Waals surface area contributed by atoms with Crippen LogP contribution < -0.4 is 10.1 Å². The fraction of sp³-hybridized carbons (Fsp3) is 0.611. The molecule has 1 saturated heterocycles. The molecule has 1 aromatic carbocycles. The van der Waals surface area contributed by atoms with E-state index in [2.05, 4.69) is 10.2 Å². The number of rotatable bonds is 5. The number of carbonyl (C=O) groups excluding carboxylic acids is 1. The van der Waals surface area contributed by atoms with Crippen molar-refractivity contribution in [1.82, 2.24) is 10.2 Å². The number of nitrogens with zero attached hydrogens (tertiary/aromatic N) is 1. The number of hydrogen-bond acceptors (Lipinski definition) is 3. The molecule has 0 aromatic heterocycles. The molecule has 3 rings (SSSR count). The molecule has 24 heavy (non-hydrogen) atoms. The van der Waals surface area contributed by atoms with Crippen LogP contribution in [-0.2, 0) is 4.79 Å². The largest absolute Gasteiger partial charge is 0.484 e. The predicted octanol–water partition coefficient (Wildman–Crippen LogP) is 3.90. The molecule has 1 aliphatic carbocycles. The Balaban J connectivity index is 1.42. The lowest BCUT2D eigenvalue weighted by atomic mass is 10.1. The van der Waals surface area contributed by atoms with Gasteiger partial charge in [0.15, 0.2) is 6.61 Å². The third-order valence-corrected chi connectivity index (χ3v) is 5.32. The van der Waals surface area contributed by atoms with Gasteiger partial charge in [-0.3, -0.25) is 4.79 Å². The standard InChI is InChI=1S/C18H24Cl2N2O2/c19-13-8-14(20)10-17(9-13)24-12-18(23)21-15-4-5-16(11-15)22-6-2-1-3-7-22/h8-10,15-16H,1-7,11-12H2,(H,21,23). The SMILES string of the molecule is O=C(COc1cc(Cl)cc(Cl)c1)NC1CCC(N2CCCCC2)C1. The number of piperidine rings is 1. The third-order valence-electron chi connectivity index (χ3n) is 4.88. The molecule has 0 bridgehead atoms. The zero-order valence-electron chi connectivity index (χ0n) is 13.8. The lowest BCUT2D eigenvalue weighted by molar-refractivity contribution is -0.123. The van der Waals surface area contributed by atoms with E-state index in [9.17, 15) is 4.79 Å².